The van der Waals surface area contributed by atoms with Gasteiger partial charge in [0, 0.05) is 0 Å². The second-order valence-electron chi connectivity index (χ2n) is 13.8. The molecule has 1 aromatic carbocycles. The lowest BCUT2D eigenvalue weighted by Gasteiger charge is -2.66. The van der Waals surface area contributed by atoms with E-state index in [1.54, 1.807) is 11.1 Å². The maximum absolute atomic E-state index is 7.73. The van der Waals surface area contributed by atoms with Gasteiger partial charge in [0.05, 0.1) is 5.60 Å². The summed E-state index contributed by atoms with van der Waals surface area (Å²) in [6.45, 7) is 24.9. The molecule has 4 rings (SSSR count). The summed E-state index contributed by atoms with van der Waals surface area (Å²) in [5.74, 6) is 1.46. The second kappa shape index (κ2) is 8.51. The molecule has 0 unspecified atom stereocenters. The van der Waals surface area contributed by atoms with E-state index in [1.165, 1.54) is 50.5 Å². The summed E-state index contributed by atoms with van der Waals surface area (Å²) in [5, 5.41) is 0. The minimum Gasteiger partial charge on any atom is -0.411 e. The smallest absolute Gasteiger partial charge is 0.201 e. The number of rotatable bonds is 5. The Hall–Kier alpha value is -0.603. The molecule has 0 aromatic heterocycles. The van der Waals surface area contributed by atoms with Gasteiger partial charge >= 0.3 is 0 Å². The number of hydrogen-bond acceptors (Lipinski definition) is 1. The first kappa shape index (κ1) is 25.5. The predicted octanol–water partition coefficient (Wildman–Crippen LogP) is 9.37. The summed E-state index contributed by atoms with van der Waals surface area (Å²) >= 11 is 0. The fourth-order valence-electron chi connectivity index (χ4n) is 9.97. The molecular formula is C31H52OSi. The van der Waals surface area contributed by atoms with E-state index >= 15 is 0 Å². The molecule has 0 amide bonds. The average Bonchev–Trinajstić information content (AvgIpc) is 2.71. The van der Waals surface area contributed by atoms with Gasteiger partial charge in [0.25, 0.3) is 0 Å². The zero-order chi connectivity index (χ0) is 24.4. The lowest BCUT2D eigenvalue weighted by molar-refractivity contribution is -0.152. The van der Waals surface area contributed by atoms with E-state index in [-0.39, 0.29) is 5.60 Å². The molecule has 3 aliphatic rings. The van der Waals surface area contributed by atoms with Crippen LogP contribution in [0.15, 0.2) is 18.2 Å². The highest BCUT2D eigenvalue weighted by Crippen LogP contribution is 2.66. The monoisotopic (exact) mass is 468 g/mol. The molecule has 0 aliphatic heterocycles. The maximum atomic E-state index is 7.73. The molecule has 186 valence electrons. The lowest BCUT2D eigenvalue weighted by atomic mass is 9.42. The fraction of sp³-hybridized carbons (Fsp3) is 0.806. The van der Waals surface area contributed by atoms with Gasteiger partial charge in [0.2, 0.25) is 8.32 Å². The number of aryl methyl sites for hydroxylation is 1. The van der Waals surface area contributed by atoms with Crippen LogP contribution >= 0.6 is 0 Å². The molecular weight excluding hydrogens is 416 g/mol. The lowest BCUT2D eigenvalue weighted by Crippen LogP contribution is -2.64. The zero-order valence-electron chi connectivity index (χ0n) is 23.5. The van der Waals surface area contributed by atoms with E-state index in [2.05, 4.69) is 87.4 Å². The maximum Gasteiger partial charge on any atom is 0.201 e. The highest BCUT2D eigenvalue weighted by molar-refractivity contribution is 6.77. The van der Waals surface area contributed by atoms with Crippen LogP contribution in [-0.4, -0.2) is 13.9 Å². The molecule has 3 aliphatic carbocycles. The second-order valence-corrected chi connectivity index (χ2v) is 19.2. The molecule has 33 heavy (non-hydrogen) atoms. The Bertz CT molecular complexity index is 850. The molecule has 0 bridgehead atoms. The molecule has 1 nitrogen and oxygen atoms in total. The van der Waals surface area contributed by atoms with Crippen molar-refractivity contribution in [3.05, 3.63) is 34.9 Å². The normalized spacial score (nSPS) is 36.6. The molecule has 0 heterocycles. The number of benzene rings is 1. The van der Waals surface area contributed by atoms with Gasteiger partial charge in [0.1, 0.15) is 0 Å². The predicted molar refractivity (Wildman–Crippen MR) is 146 cm³/mol. The van der Waals surface area contributed by atoms with Crippen molar-refractivity contribution in [3.63, 3.8) is 0 Å². The summed E-state index contributed by atoms with van der Waals surface area (Å²) in [4.78, 5) is 0. The van der Waals surface area contributed by atoms with Gasteiger partial charge in [-0.2, -0.15) is 0 Å². The van der Waals surface area contributed by atoms with E-state index < -0.39 is 8.32 Å². The van der Waals surface area contributed by atoms with Crippen molar-refractivity contribution in [1.82, 2.24) is 0 Å². The van der Waals surface area contributed by atoms with Crippen LogP contribution in [0.5, 0.6) is 0 Å². The Morgan fingerprint density at radius 1 is 0.848 bits per heavy atom. The van der Waals surface area contributed by atoms with Crippen molar-refractivity contribution >= 4 is 8.32 Å². The highest BCUT2D eigenvalue weighted by Gasteiger charge is 2.63. The van der Waals surface area contributed by atoms with Crippen LogP contribution < -0.4 is 0 Å². The Morgan fingerprint density at radius 3 is 2.09 bits per heavy atom. The summed E-state index contributed by atoms with van der Waals surface area (Å²) in [5.41, 5.74) is 7.56. The fourth-order valence-corrected chi connectivity index (χ4v) is 15.7. The Morgan fingerprint density at radius 2 is 1.48 bits per heavy atom. The summed E-state index contributed by atoms with van der Waals surface area (Å²) in [7, 11) is -1.92. The van der Waals surface area contributed by atoms with Crippen molar-refractivity contribution in [2.75, 3.05) is 0 Å². The molecule has 0 spiro atoms. The summed E-state index contributed by atoms with van der Waals surface area (Å²) in [6.07, 6.45) is 9.25. The molecule has 1 aromatic rings. The van der Waals surface area contributed by atoms with Gasteiger partial charge in [-0.1, -0.05) is 80.0 Å². The highest BCUT2D eigenvalue weighted by atomic mass is 28.4. The topological polar surface area (TPSA) is 9.23 Å². The van der Waals surface area contributed by atoms with Crippen LogP contribution in [0.25, 0.3) is 0 Å². The largest absolute Gasteiger partial charge is 0.411 e. The quantitative estimate of drug-likeness (QED) is 0.391. The van der Waals surface area contributed by atoms with Crippen LogP contribution in [0.3, 0.4) is 0 Å². The van der Waals surface area contributed by atoms with E-state index in [0.717, 1.165) is 5.92 Å². The first-order valence-corrected chi connectivity index (χ1v) is 16.3. The third-order valence-corrected chi connectivity index (χ3v) is 17.5. The van der Waals surface area contributed by atoms with Crippen LogP contribution in [0.2, 0.25) is 16.6 Å². The van der Waals surface area contributed by atoms with Crippen LogP contribution in [0.1, 0.15) is 118 Å². The summed E-state index contributed by atoms with van der Waals surface area (Å²) in [6, 6.07) is 7.12. The van der Waals surface area contributed by atoms with Crippen molar-refractivity contribution in [1.29, 1.82) is 0 Å². The minimum atomic E-state index is -1.92. The van der Waals surface area contributed by atoms with E-state index in [4.69, 9.17) is 4.43 Å². The van der Waals surface area contributed by atoms with Crippen molar-refractivity contribution in [3.8, 4) is 0 Å². The van der Waals surface area contributed by atoms with Gasteiger partial charge in [-0.25, -0.2) is 0 Å². The standard InChI is InChI=1S/C31H52OSi/c1-21(2)33(22(3)4,23(5)6)32-31(10)19-12-18-30(9)27-16-15-25-24(7)13-11-14-26(25)29(27,8)20-17-28(30)31/h11,13-14,21-23,27-28H,12,15-20H2,1-10H3/t27-,28+,29-,30+,31+/m0/s1. The van der Waals surface area contributed by atoms with Gasteiger partial charge < -0.3 is 4.43 Å². The number of fused-ring (bicyclic) bond motifs is 5. The van der Waals surface area contributed by atoms with Crippen LogP contribution in [0.4, 0.5) is 0 Å². The number of hydrogen-bond donors (Lipinski definition) is 0. The molecule has 0 radical (unpaired) electrons. The van der Waals surface area contributed by atoms with E-state index in [0.29, 0.717) is 33.4 Å². The van der Waals surface area contributed by atoms with Crippen LogP contribution in [0, 0.1) is 24.2 Å². The molecule has 0 saturated heterocycles. The third kappa shape index (κ3) is 3.63. The molecule has 5 atom stereocenters. The van der Waals surface area contributed by atoms with Gasteiger partial charge in [-0.15, -0.1) is 0 Å². The first-order valence-electron chi connectivity index (χ1n) is 14.1. The molecule has 2 saturated carbocycles. The van der Waals surface area contributed by atoms with Crippen molar-refractivity contribution < 1.29 is 4.43 Å². The summed E-state index contributed by atoms with van der Waals surface area (Å²) < 4.78 is 7.73. The van der Waals surface area contributed by atoms with Gasteiger partial charge in [-0.3, -0.25) is 0 Å². The molecule has 0 N–H and O–H groups in total. The molecule has 2 heteroatoms. The Balaban J connectivity index is 1.74. The Labute approximate surface area is 206 Å². The van der Waals surface area contributed by atoms with E-state index in [9.17, 15) is 0 Å². The zero-order valence-corrected chi connectivity index (χ0v) is 24.5. The molecule has 2 fully saturated rings. The minimum absolute atomic E-state index is 0.0340. The van der Waals surface area contributed by atoms with Crippen molar-refractivity contribution in [2.45, 2.75) is 142 Å². The van der Waals surface area contributed by atoms with Crippen LogP contribution in [-0.2, 0) is 16.3 Å². The SMILES string of the molecule is Cc1cccc2c1CC[C@@H]1[C@@]3(C)CCC[C@@](C)(O[Si](C(C)C)(C(C)C)C(C)C)[C@@H]3CC[C@@]21C. The van der Waals surface area contributed by atoms with E-state index in [1.807, 2.05) is 0 Å². The van der Waals surface area contributed by atoms with Crippen molar-refractivity contribution in [2.24, 2.45) is 17.3 Å². The third-order valence-electron chi connectivity index (χ3n) is 11.3. The van der Waals surface area contributed by atoms with Gasteiger partial charge in [0.15, 0.2) is 0 Å². The van der Waals surface area contributed by atoms with Gasteiger partial charge in [-0.05, 0) is 108 Å². The Kier molecular flexibility index (Phi) is 6.57. The first-order chi connectivity index (χ1) is 15.3. The average molecular weight is 469 g/mol.